The van der Waals surface area contributed by atoms with E-state index < -0.39 is 15.8 Å². The summed E-state index contributed by atoms with van der Waals surface area (Å²) in [5.74, 6) is -1.26. The lowest BCUT2D eigenvalue weighted by atomic mass is 10.2. The Hall–Kier alpha value is -1.60. The number of fused-ring (bicyclic) bond motifs is 1. The zero-order chi connectivity index (χ0) is 12.8. The molecule has 0 amide bonds. The molecule has 17 heavy (non-hydrogen) atoms. The van der Waals surface area contributed by atoms with Gasteiger partial charge in [-0.15, -0.1) is 0 Å². The average molecular weight is 275 g/mol. The van der Waals surface area contributed by atoms with Gasteiger partial charge in [-0.1, -0.05) is 11.6 Å². The van der Waals surface area contributed by atoms with Gasteiger partial charge >= 0.3 is 5.97 Å². The van der Waals surface area contributed by atoms with E-state index in [0.717, 1.165) is 6.26 Å². The fraction of sp³-hybridized carbons (Fsp3) is 0.111. The van der Waals surface area contributed by atoms with Crippen molar-refractivity contribution in [3.8, 4) is 0 Å². The molecule has 0 saturated carbocycles. The van der Waals surface area contributed by atoms with Gasteiger partial charge in [-0.2, -0.15) is 0 Å². The molecule has 2 N–H and O–H groups in total. The Kier molecular flexibility index (Phi) is 2.59. The molecule has 0 bridgehead atoms. The maximum Gasteiger partial charge on any atom is 0.339 e. The van der Waals surface area contributed by atoms with Crippen molar-refractivity contribution in [2.45, 2.75) is 5.16 Å². The highest BCUT2D eigenvalue weighted by Crippen LogP contribution is 2.25. The molecule has 1 heterocycles. The molecule has 0 unspecified atom stereocenters. The third kappa shape index (κ3) is 1.98. The second-order valence-corrected chi connectivity index (χ2v) is 5.78. The predicted octanol–water partition coefficient (Wildman–Crippen LogP) is 1.32. The number of rotatable bonds is 2. The normalized spacial score (nSPS) is 11.9. The van der Waals surface area contributed by atoms with Crippen molar-refractivity contribution in [1.82, 2.24) is 9.97 Å². The third-order valence-electron chi connectivity index (χ3n) is 2.15. The van der Waals surface area contributed by atoms with Gasteiger partial charge < -0.3 is 10.1 Å². The summed E-state index contributed by atoms with van der Waals surface area (Å²) in [7, 11) is -3.52. The summed E-state index contributed by atoms with van der Waals surface area (Å²) in [6.45, 7) is 0. The van der Waals surface area contributed by atoms with Gasteiger partial charge in [-0.25, -0.2) is 18.2 Å². The van der Waals surface area contributed by atoms with Crippen molar-refractivity contribution in [2.24, 2.45) is 0 Å². The van der Waals surface area contributed by atoms with Crippen LogP contribution in [0.15, 0.2) is 17.3 Å². The lowest BCUT2D eigenvalue weighted by Gasteiger charge is -1.98. The van der Waals surface area contributed by atoms with E-state index in [9.17, 15) is 13.2 Å². The number of aromatic amines is 1. The molecule has 0 spiro atoms. The summed E-state index contributed by atoms with van der Waals surface area (Å²) in [6, 6.07) is 2.85. The number of nitrogens with zero attached hydrogens (tertiary/aromatic N) is 1. The number of carbonyl (C=O) groups is 1. The number of carboxylic acids is 1. The van der Waals surface area contributed by atoms with Gasteiger partial charge in [-0.05, 0) is 12.1 Å². The highest BCUT2D eigenvalue weighted by Gasteiger charge is 2.20. The van der Waals surface area contributed by atoms with E-state index in [1.165, 1.54) is 12.1 Å². The van der Waals surface area contributed by atoms with Gasteiger partial charge in [0, 0.05) is 6.26 Å². The van der Waals surface area contributed by atoms with Crippen molar-refractivity contribution in [2.75, 3.05) is 6.26 Å². The van der Waals surface area contributed by atoms with Crippen molar-refractivity contribution in [1.29, 1.82) is 0 Å². The standard InChI is InChI=1S/C9H7ClN2O4S/c1-17(15,16)9-11-5-3-2-4(10)6(8(13)14)7(5)12-9/h2-3H,1H3,(H,11,12)(H,13,14). The number of nitrogens with one attached hydrogen (secondary N) is 1. The second-order valence-electron chi connectivity index (χ2n) is 3.44. The van der Waals surface area contributed by atoms with E-state index in [0.29, 0.717) is 5.52 Å². The summed E-state index contributed by atoms with van der Waals surface area (Å²) >= 11 is 5.74. The fourth-order valence-corrected chi connectivity index (χ4v) is 2.19. The van der Waals surface area contributed by atoms with E-state index in [1.807, 2.05) is 0 Å². The molecule has 0 radical (unpaired) electrons. The second kappa shape index (κ2) is 3.71. The zero-order valence-corrected chi connectivity index (χ0v) is 10.1. The maximum absolute atomic E-state index is 11.3. The Morgan fingerprint density at radius 3 is 2.65 bits per heavy atom. The predicted molar refractivity (Wildman–Crippen MR) is 61.2 cm³/mol. The van der Waals surface area contributed by atoms with Crippen LogP contribution in [0.3, 0.4) is 0 Å². The first-order chi connectivity index (χ1) is 7.80. The Labute approximate surface area is 101 Å². The Morgan fingerprint density at radius 1 is 1.47 bits per heavy atom. The van der Waals surface area contributed by atoms with Crippen molar-refractivity contribution in [3.05, 3.63) is 22.7 Å². The van der Waals surface area contributed by atoms with Gasteiger partial charge in [0.1, 0.15) is 11.1 Å². The zero-order valence-electron chi connectivity index (χ0n) is 8.56. The van der Waals surface area contributed by atoms with Crippen LogP contribution >= 0.6 is 11.6 Å². The van der Waals surface area contributed by atoms with Crippen LogP contribution in [0, 0.1) is 0 Å². The first-order valence-corrected chi connectivity index (χ1v) is 6.69. The summed E-state index contributed by atoms with van der Waals surface area (Å²) in [5, 5.41) is 8.72. The molecule has 0 saturated heterocycles. The molecule has 90 valence electrons. The monoisotopic (exact) mass is 274 g/mol. The molecule has 1 aromatic carbocycles. The Bertz CT molecular complexity index is 720. The van der Waals surface area contributed by atoms with Crippen LogP contribution in [-0.4, -0.2) is 35.7 Å². The molecular formula is C9H7ClN2O4S. The molecular weight excluding hydrogens is 268 g/mol. The molecule has 0 aliphatic heterocycles. The molecule has 0 fully saturated rings. The topological polar surface area (TPSA) is 100 Å². The first-order valence-electron chi connectivity index (χ1n) is 4.42. The number of carboxylic acid groups (broad SMARTS) is 1. The largest absolute Gasteiger partial charge is 0.478 e. The molecule has 2 aromatic rings. The number of hydrogen-bond donors (Lipinski definition) is 2. The molecule has 6 nitrogen and oxygen atoms in total. The van der Waals surface area contributed by atoms with Gasteiger partial charge in [-0.3, -0.25) is 0 Å². The average Bonchev–Trinajstić information content (AvgIpc) is 2.59. The minimum absolute atomic E-state index is 0.0107. The lowest BCUT2D eigenvalue weighted by molar-refractivity contribution is 0.0699. The van der Waals surface area contributed by atoms with E-state index in [2.05, 4.69) is 9.97 Å². The first kappa shape index (κ1) is 11.9. The summed E-state index contributed by atoms with van der Waals surface area (Å²) in [4.78, 5) is 17.3. The highest BCUT2D eigenvalue weighted by atomic mass is 35.5. The smallest absolute Gasteiger partial charge is 0.339 e. The van der Waals surface area contributed by atoms with Crippen LogP contribution in [0.4, 0.5) is 0 Å². The third-order valence-corrected chi connectivity index (χ3v) is 3.36. The van der Waals surface area contributed by atoms with Crippen molar-refractivity contribution < 1.29 is 18.3 Å². The number of aromatic carboxylic acids is 1. The number of sulfone groups is 1. The van der Waals surface area contributed by atoms with E-state index >= 15 is 0 Å². The van der Waals surface area contributed by atoms with E-state index in [4.69, 9.17) is 16.7 Å². The van der Waals surface area contributed by atoms with Crippen LogP contribution in [0.25, 0.3) is 11.0 Å². The van der Waals surface area contributed by atoms with Gasteiger partial charge in [0.2, 0.25) is 15.0 Å². The maximum atomic E-state index is 11.3. The number of aromatic nitrogens is 2. The highest BCUT2D eigenvalue weighted by molar-refractivity contribution is 7.90. The quantitative estimate of drug-likeness (QED) is 0.860. The van der Waals surface area contributed by atoms with Gasteiger partial charge in [0.15, 0.2) is 0 Å². The van der Waals surface area contributed by atoms with E-state index in [-0.39, 0.29) is 21.3 Å². The minimum atomic E-state index is -3.52. The molecule has 0 aliphatic rings. The van der Waals surface area contributed by atoms with Crippen LogP contribution in [0.1, 0.15) is 10.4 Å². The number of imidazole rings is 1. The van der Waals surface area contributed by atoms with E-state index in [1.54, 1.807) is 0 Å². The molecule has 1 aromatic heterocycles. The molecule has 0 atom stereocenters. The van der Waals surface area contributed by atoms with Crippen LogP contribution in [0.5, 0.6) is 0 Å². The summed E-state index contributed by atoms with van der Waals surface area (Å²) in [5.41, 5.74) is 0.132. The Balaban J connectivity index is 2.87. The van der Waals surface area contributed by atoms with Crippen molar-refractivity contribution >= 4 is 38.4 Å². The van der Waals surface area contributed by atoms with Crippen LogP contribution < -0.4 is 0 Å². The van der Waals surface area contributed by atoms with Gasteiger partial charge in [0.25, 0.3) is 0 Å². The van der Waals surface area contributed by atoms with Gasteiger partial charge in [0.05, 0.1) is 10.5 Å². The summed E-state index contributed by atoms with van der Waals surface area (Å²) < 4.78 is 22.6. The van der Waals surface area contributed by atoms with Crippen LogP contribution in [-0.2, 0) is 9.84 Å². The lowest BCUT2D eigenvalue weighted by Crippen LogP contribution is -2.00. The fourth-order valence-electron chi connectivity index (χ4n) is 1.41. The molecule has 2 rings (SSSR count). The summed E-state index contributed by atoms with van der Waals surface area (Å²) in [6.07, 6.45) is 0.979. The Morgan fingerprint density at radius 2 is 2.12 bits per heavy atom. The number of hydrogen-bond acceptors (Lipinski definition) is 4. The van der Waals surface area contributed by atoms with Crippen molar-refractivity contribution in [3.63, 3.8) is 0 Å². The SMILES string of the molecule is CS(=O)(=O)c1nc2c(C(=O)O)c(Cl)ccc2[nH]1. The number of H-pyrrole nitrogens is 1. The molecule has 0 aliphatic carbocycles. The molecule has 8 heteroatoms. The van der Waals surface area contributed by atoms with Crippen LogP contribution in [0.2, 0.25) is 5.02 Å². The number of halogens is 1. The number of benzene rings is 1. The minimum Gasteiger partial charge on any atom is -0.478 e.